The molecule has 1 aliphatic rings. The molecule has 4 nitrogen and oxygen atoms in total. The maximum atomic E-state index is 14.2. The average molecular weight is 355 g/mol. The molecule has 1 aliphatic heterocycles. The number of benzene rings is 2. The van der Waals surface area contributed by atoms with Crippen LogP contribution in [0.4, 0.5) is 4.39 Å². The Morgan fingerprint density at radius 3 is 2.46 bits per heavy atom. The molecule has 0 aromatic heterocycles. The zero-order chi connectivity index (χ0) is 18.7. The molecular weight excluding hydrogens is 333 g/mol. The van der Waals surface area contributed by atoms with Crippen molar-refractivity contribution in [3.63, 3.8) is 0 Å². The van der Waals surface area contributed by atoms with Crippen molar-refractivity contribution in [1.82, 2.24) is 4.90 Å². The van der Waals surface area contributed by atoms with Gasteiger partial charge in [0, 0.05) is 36.9 Å². The van der Waals surface area contributed by atoms with Crippen LogP contribution in [0.1, 0.15) is 40.5 Å². The van der Waals surface area contributed by atoms with Gasteiger partial charge in [0.05, 0.1) is 6.10 Å². The van der Waals surface area contributed by atoms with E-state index in [0.29, 0.717) is 28.8 Å². The number of nitrogens with zero attached hydrogens (tertiary/aromatic N) is 1. The minimum absolute atomic E-state index is 0.0451. The van der Waals surface area contributed by atoms with Crippen LogP contribution in [0.3, 0.4) is 0 Å². The summed E-state index contributed by atoms with van der Waals surface area (Å²) in [7, 11) is 1.66. The fraction of sp³-hybridized carbons (Fsp3) is 0.333. The Morgan fingerprint density at radius 1 is 1.12 bits per heavy atom. The molecule has 2 aromatic carbocycles. The van der Waals surface area contributed by atoms with Crippen LogP contribution in [0.2, 0.25) is 0 Å². The maximum absolute atomic E-state index is 14.2. The molecule has 1 atom stereocenters. The van der Waals surface area contributed by atoms with Crippen LogP contribution in [-0.2, 0) is 4.74 Å². The van der Waals surface area contributed by atoms with Crippen LogP contribution in [0.15, 0.2) is 42.5 Å². The minimum atomic E-state index is -0.395. The minimum Gasteiger partial charge on any atom is -0.380 e. The Kier molecular flexibility index (Phi) is 5.47. The van der Waals surface area contributed by atoms with Gasteiger partial charge in [0.25, 0.3) is 5.91 Å². The van der Waals surface area contributed by atoms with Gasteiger partial charge in [0.1, 0.15) is 5.82 Å². The number of piperidine rings is 1. The number of halogens is 1. The second-order valence-electron chi connectivity index (χ2n) is 6.58. The molecule has 0 bridgehead atoms. The van der Waals surface area contributed by atoms with E-state index in [1.54, 1.807) is 42.3 Å². The molecule has 2 aromatic rings. The molecule has 26 heavy (non-hydrogen) atoms. The first-order valence-corrected chi connectivity index (χ1v) is 8.72. The fourth-order valence-electron chi connectivity index (χ4n) is 3.26. The second kappa shape index (κ2) is 7.79. The highest BCUT2D eigenvalue weighted by molar-refractivity contribution is 5.96. The van der Waals surface area contributed by atoms with Gasteiger partial charge in [-0.1, -0.05) is 12.1 Å². The monoisotopic (exact) mass is 355 g/mol. The van der Waals surface area contributed by atoms with Gasteiger partial charge in [0.15, 0.2) is 5.78 Å². The molecule has 1 fully saturated rings. The van der Waals surface area contributed by atoms with E-state index in [1.807, 2.05) is 0 Å². The Morgan fingerprint density at radius 2 is 1.81 bits per heavy atom. The highest BCUT2D eigenvalue weighted by Crippen LogP contribution is 2.25. The Hall–Kier alpha value is -2.53. The van der Waals surface area contributed by atoms with E-state index in [4.69, 9.17) is 4.74 Å². The van der Waals surface area contributed by atoms with Crippen LogP contribution in [0.25, 0.3) is 11.1 Å². The predicted molar refractivity (Wildman–Crippen MR) is 97.8 cm³/mol. The summed E-state index contributed by atoms with van der Waals surface area (Å²) in [6, 6.07) is 11.1. The topological polar surface area (TPSA) is 46.6 Å². The number of Topliss-reactive ketones (excluding diaryl/α,β-unsaturated/α-hetero) is 1. The standard InChI is InChI=1S/C21H22FNO3/c1-14(24)17-9-10-20(22)19(12-17)15-5-7-16(8-6-15)21(25)23-11-3-4-18(13-23)26-2/h5-10,12,18H,3-4,11,13H2,1-2H3/t18-/m0/s1. The van der Waals surface area contributed by atoms with E-state index < -0.39 is 5.82 Å². The largest absolute Gasteiger partial charge is 0.380 e. The van der Waals surface area contributed by atoms with Crippen LogP contribution >= 0.6 is 0 Å². The number of ether oxygens (including phenoxy) is 1. The molecule has 0 N–H and O–H groups in total. The number of rotatable bonds is 4. The summed E-state index contributed by atoms with van der Waals surface area (Å²) in [6.45, 7) is 2.76. The lowest BCUT2D eigenvalue weighted by atomic mass is 9.99. The molecule has 0 unspecified atom stereocenters. The number of carbonyl (C=O) groups excluding carboxylic acids is 2. The molecule has 0 spiro atoms. The summed E-state index contributed by atoms with van der Waals surface area (Å²) in [6.07, 6.45) is 1.96. The molecular formula is C21H22FNO3. The first-order chi connectivity index (χ1) is 12.5. The molecule has 1 amide bonds. The van der Waals surface area contributed by atoms with E-state index in [1.165, 1.54) is 19.1 Å². The van der Waals surface area contributed by atoms with Crippen LogP contribution in [0, 0.1) is 5.82 Å². The first kappa shape index (κ1) is 18.3. The van der Waals surface area contributed by atoms with Crippen LogP contribution < -0.4 is 0 Å². The normalized spacial score (nSPS) is 17.2. The van der Waals surface area contributed by atoms with Gasteiger partial charge < -0.3 is 9.64 Å². The third-order valence-electron chi connectivity index (χ3n) is 4.81. The van der Waals surface area contributed by atoms with Crippen molar-refractivity contribution < 1.29 is 18.7 Å². The maximum Gasteiger partial charge on any atom is 0.253 e. The lowest BCUT2D eigenvalue weighted by molar-refractivity contribution is 0.0269. The summed E-state index contributed by atoms with van der Waals surface area (Å²) >= 11 is 0. The Labute approximate surface area is 152 Å². The smallest absolute Gasteiger partial charge is 0.253 e. The van der Waals surface area contributed by atoms with Gasteiger partial charge in [-0.15, -0.1) is 0 Å². The summed E-state index contributed by atoms with van der Waals surface area (Å²) in [5.74, 6) is -0.555. The van der Waals surface area contributed by atoms with Crippen LogP contribution in [-0.4, -0.2) is 42.9 Å². The summed E-state index contributed by atoms with van der Waals surface area (Å²) < 4.78 is 19.5. The van der Waals surface area contributed by atoms with Gasteiger partial charge in [-0.2, -0.15) is 0 Å². The number of ketones is 1. The summed E-state index contributed by atoms with van der Waals surface area (Å²) in [4.78, 5) is 26.0. The van der Waals surface area contributed by atoms with E-state index in [9.17, 15) is 14.0 Å². The van der Waals surface area contributed by atoms with Gasteiger partial charge in [-0.25, -0.2) is 4.39 Å². The highest BCUT2D eigenvalue weighted by atomic mass is 19.1. The Bertz CT molecular complexity index is 817. The molecule has 136 valence electrons. The third kappa shape index (κ3) is 3.83. The summed E-state index contributed by atoms with van der Waals surface area (Å²) in [5, 5.41) is 0. The molecule has 0 aliphatic carbocycles. The van der Waals surface area contributed by atoms with E-state index in [2.05, 4.69) is 0 Å². The van der Waals surface area contributed by atoms with Gasteiger partial charge in [0.2, 0.25) is 0 Å². The van der Waals surface area contributed by atoms with Crippen molar-refractivity contribution >= 4 is 11.7 Å². The quantitative estimate of drug-likeness (QED) is 0.780. The third-order valence-corrected chi connectivity index (χ3v) is 4.81. The van der Waals surface area contributed by atoms with Crippen molar-refractivity contribution in [3.8, 4) is 11.1 Å². The first-order valence-electron chi connectivity index (χ1n) is 8.72. The van der Waals surface area contributed by atoms with E-state index >= 15 is 0 Å². The van der Waals surface area contributed by atoms with Gasteiger partial charge in [-0.05, 0) is 55.7 Å². The number of amides is 1. The van der Waals surface area contributed by atoms with E-state index in [-0.39, 0.29) is 17.8 Å². The van der Waals surface area contributed by atoms with Crippen molar-refractivity contribution in [2.24, 2.45) is 0 Å². The number of methoxy groups -OCH3 is 1. The van der Waals surface area contributed by atoms with Crippen molar-refractivity contribution in [2.75, 3.05) is 20.2 Å². The SMILES string of the molecule is CO[C@H]1CCCN(C(=O)c2ccc(-c3cc(C(C)=O)ccc3F)cc2)C1. The highest BCUT2D eigenvalue weighted by Gasteiger charge is 2.24. The molecule has 0 radical (unpaired) electrons. The fourth-order valence-corrected chi connectivity index (χ4v) is 3.26. The number of carbonyl (C=O) groups is 2. The van der Waals surface area contributed by atoms with Crippen molar-refractivity contribution in [2.45, 2.75) is 25.9 Å². The van der Waals surface area contributed by atoms with Gasteiger partial charge in [-0.3, -0.25) is 9.59 Å². The lowest BCUT2D eigenvalue weighted by Gasteiger charge is -2.32. The van der Waals surface area contributed by atoms with Gasteiger partial charge >= 0.3 is 0 Å². The second-order valence-corrected chi connectivity index (χ2v) is 6.58. The average Bonchev–Trinajstić information content (AvgIpc) is 2.68. The molecule has 1 heterocycles. The zero-order valence-corrected chi connectivity index (χ0v) is 15.0. The lowest BCUT2D eigenvalue weighted by Crippen LogP contribution is -2.42. The number of hydrogen-bond acceptors (Lipinski definition) is 3. The number of likely N-dealkylation sites (tertiary alicyclic amines) is 1. The Balaban J connectivity index is 1.81. The molecule has 3 rings (SSSR count). The summed E-state index contributed by atoms with van der Waals surface area (Å²) in [5.41, 5.74) is 2.01. The molecule has 1 saturated heterocycles. The van der Waals surface area contributed by atoms with E-state index in [0.717, 1.165) is 19.4 Å². The molecule has 0 saturated carbocycles. The zero-order valence-electron chi connectivity index (χ0n) is 15.0. The number of hydrogen-bond donors (Lipinski definition) is 0. The van der Waals surface area contributed by atoms with Crippen molar-refractivity contribution in [3.05, 3.63) is 59.4 Å². The van der Waals surface area contributed by atoms with Crippen molar-refractivity contribution in [1.29, 1.82) is 0 Å². The van der Waals surface area contributed by atoms with Crippen LogP contribution in [0.5, 0.6) is 0 Å². The predicted octanol–water partition coefficient (Wildman–Crippen LogP) is 3.95. The molecule has 5 heteroatoms.